The molecule has 0 aromatic heterocycles. The van der Waals surface area contributed by atoms with Crippen LogP contribution in [0.2, 0.25) is 0 Å². The highest BCUT2D eigenvalue weighted by Crippen LogP contribution is 2.01. The summed E-state index contributed by atoms with van der Waals surface area (Å²) in [5, 5.41) is 10.7. The molecule has 0 saturated heterocycles. The van der Waals surface area contributed by atoms with Crippen molar-refractivity contribution >= 4 is 22.2 Å². The molecule has 0 bridgehead atoms. The number of carbonyl (C=O) groups is 2. The summed E-state index contributed by atoms with van der Waals surface area (Å²) in [6.07, 6.45) is 0.647. The molecule has 6 nitrogen and oxygen atoms in total. The van der Waals surface area contributed by atoms with E-state index < -0.39 is 21.8 Å². The summed E-state index contributed by atoms with van der Waals surface area (Å²) in [4.78, 5) is 20.6. The van der Waals surface area contributed by atoms with Gasteiger partial charge < -0.3 is 10.4 Å². The van der Waals surface area contributed by atoms with Crippen LogP contribution in [0.1, 0.15) is 19.8 Å². The third-order valence-corrected chi connectivity index (χ3v) is 3.75. The largest absolute Gasteiger partial charge is 0.480 e. The SMILES string of the molecule is CCS(=O)(=O)CCCC(NC=O)C(=O)O. The molecular weight excluding hydrogens is 222 g/mol. The maximum Gasteiger partial charge on any atom is 0.326 e. The summed E-state index contributed by atoms with van der Waals surface area (Å²) in [5.41, 5.74) is 0. The van der Waals surface area contributed by atoms with Gasteiger partial charge >= 0.3 is 5.97 Å². The molecule has 15 heavy (non-hydrogen) atoms. The van der Waals surface area contributed by atoms with Gasteiger partial charge in [0.25, 0.3) is 0 Å². The monoisotopic (exact) mass is 237 g/mol. The lowest BCUT2D eigenvalue weighted by Gasteiger charge is -2.10. The standard InChI is InChI=1S/C8H15NO5S/c1-2-15(13,14)5-3-4-7(8(11)12)9-6-10/h6-7H,2-5H2,1H3,(H,9,10)(H,11,12). The first-order valence-electron chi connectivity index (χ1n) is 4.56. The van der Waals surface area contributed by atoms with E-state index in [9.17, 15) is 18.0 Å². The lowest BCUT2D eigenvalue weighted by atomic mass is 10.2. The Bertz CT molecular complexity index is 311. The molecule has 0 saturated carbocycles. The van der Waals surface area contributed by atoms with Crippen LogP contribution < -0.4 is 5.32 Å². The Hall–Kier alpha value is -1.11. The summed E-state index contributed by atoms with van der Waals surface area (Å²) in [7, 11) is -3.06. The smallest absolute Gasteiger partial charge is 0.326 e. The second-order valence-electron chi connectivity index (χ2n) is 3.05. The van der Waals surface area contributed by atoms with Gasteiger partial charge in [0.1, 0.15) is 15.9 Å². The summed E-state index contributed by atoms with van der Waals surface area (Å²) in [6, 6.07) is -1.01. The number of carboxylic acids is 1. The Balaban J connectivity index is 4.01. The van der Waals surface area contributed by atoms with Crippen molar-refractivity contribution in [1.82, 2.24) is 5.32 Å². The first-order chi connectivity index (χ1) is 6.93. The molecule has 0 fully saturated rings. The highest BCUT2D eigenvalue weighted by molar-refractivity contribution is 7.91. The lowest BCUT2D eigenvalue weighted by Crippen LogP contribution is -2.36. The van der Waals surface area contributed by atoms with Crippen molar-refractivity contribution in [3.63, 3.8) is 0 Å². The molecule has 0 aromatic carbocycles. The fraction of sp³-hybridized carbons (Fsp3) is 0.750. The minimum atomic E-state index is -3.06. The molecule has 0 aliphatic heterocycles. The van der Waals surface area contributed by atoms with Gasteiger partial charge in [-0.05, 0) is 12.8 Å². The number of carboxylic acid groups (broad SMARTS) is 1. The summed E-state index contributed by atoms with van der Waals surface area (Å²) in [6.45, 7) is 1.54. The van der Waals surface area contributed by atoms with Gasteiger partial charge in [-0.2, -0.15) is 0 Å². The van der Waals surface area contributed by atoms with E-state index in [0.29, 0.717) is 6.41 Å². The lowest BCUT2D eigenvalue weighted by molar-refractivity contribution is -0.140. The summed E-state index contributed by atoms with van der Waals surface area (Å²) < 4.78 is 22.1. The molecule has 1 atom stereocenters. The molecule has 0 aliphatic rings. The third-order valence-electron chi connectivity index (χ3n) is 1.96. The van der Waals surface area contributed by atoms with E-state index in [1.165, 1.54) is 6.92 Å². The zero-order valence-electron chi connectivity index (χ0n) is 8.47. The molecule has 1 amide bonds. The quantitative estimate of drug-likeness (QED) is 0.549. The second kappa shape index (κ2) is 6.39. The van der Waals surface area contributed by atoms with Crippen molar-refractivity contribution in [2.24, 2.45) is 0 Å². The normalized spacial score (nSPS) is 13.1. The van der Waals surface area contributed by atoms with Crippen LogP contribution in [0.3, 0.4) is 0 Å². The molecule has 1 unspecified atom stereocenters. The molecule has 88 valence electrons. The molecule has 0 rings (SSSR count). The number of amides is 1. The van der Waals surface area contributed by atoms with Crippen LogP contribution in [0.4, 0.5) is 0 Å². The van der Waals surface area contributed by atoms with E-state index in [1.807, 2.05) is 0 Å². The van der Waals surface area contributed by atoms with Crippen LogP contribution in [0, 0.1) is 0 Å². The Kier molecular flexibility index (Phi) is 5.92. The number of carbonyl (C=O) groups excluding carboxylic acids is 1. The Labute approximate surface area is 88.6 Å². The molecule has 2 N–H and O–H groups in total. The number of aliphatic carboxylic acids is 1. The average molecular weight is 237 g/mol. The second-order valence-corrected chi connectivity index (χ2v) is 5.53. The summed E-state index contributed by atoms with van der Waals surface area (Å²) in [5.74, 6) is -1.16. The van der Waals surface area contributed by atoms with Gasteiger partial charge in [-0.15, -0.1) is 0 Å². The fourth-order valence-corrected chi connectivity index (χ4v) is 1.91. The van der Waals surface area contributed by atoms with Crippen LogP contribution in [0.5, 0.6) is 0 Å². The van der Waals surface area contributed by atoms with Crippen molar-refractivity contribution in [2.45, 2.75) is 25.8 Å². The van der Waals surface area contributed by atoms with Crippen LogP contribution in [0.25, 0.3) is 0 Å². The first kappa shape index (κ1) is 13.9. The Morgan fingerprint density at radius 2 is 2.13 bits per heavy atom. The van der Waals surface area contributed by atoms with Gasteiger partial charge in [0.05, 0.1) is 5.75 Å². The molecule has 0 radical (unpaired) electrons. The highest BCUT2D eigenvalue weighted by Gasteiger charge is 2.17. The van der Waals surface area contributed by atoms with Gasteiger partial charge in [-0.3, -0.25) is 4.79 Å². The van der Waals surface area contributed by atoms with Gasteiger partial charge in [0.2, 0.25) is 6.41 Å². The van der Waals surface area contributed by atoms with Gasteiger partial charge in [-0.25, -0.2) is 13.2 Å². The van der Waals surface area contributed by atoms with E-state index >= 15 is 0 Å². The third kappa shape index (κ3) is 6.05. The predicted molar refractivity (Wildman–Crippen MR) is 54.2 cm³/mol. The number of rotatable bonds is 8. The van der Waals surface area contributed by atoms with Crippen molar-refractivity contribution < 1.29 is 23.1 Å². The predicted octanol–water partition coefficient (Wildman–Crippen LogP) is -0.599. The van der Waals surface area contributed by atoms with E-state index in [0.717, 1.165) is 0 Å². The van der Waals surface area contributed by atoms with Crippen LogP contribution in [-0.2, 0) is 19.4 Å². The molecule has 7 heteroatoms. The molecule has 0 aromatic rings. The average Bonchev–Trinajstić information content (AvgIpc) is 2.16. The fourth-order valence-electron chi connectivity index (χ4n) is 1.01. The molecule has 0 aliphatic carbocycles. The number of hydrogen-bond donors (Lipinski definition) is 2. The molecule has 0 spiro atoms. The maximum atomic E-state index is 11.1. The Morgan fingerprint density at radius 1 is 1.53 bits per heavy atom. The van der Waals surface area contributed by atoms with Crippen molar-refractivity contribution in [3.8, 4) is 0 Å². The van der Waals surface area contributed by atoms with E-state index in [1.54, 1.807) is 0 Å². The van der Waals surface area contributed by atoms with E-state index in [2.05, 4.69) is 5.32 Å². The van der Waals surface area contributed by atoms with Gasteiger partial charge in [0, 0.05) is 5.75 Å². The first-order valence-corrected chi connectivity index (χ1v) is 6.38. The molecular formula is C8H15NO5S. The maximum absolute atomic E-state index is 11.1. The topological polar surface area (TPSA) is 101 Å². The minimum absolute atomic E-state index is 0.0475. The number of sulfone groups is 1. The highest BCUT2D eigenvalue weighted by atomic mass is 32.2. The number of hydrogen-bond acceptors (Lipinski definition) is 4. The van der Waals surface area contributed by atoms with Crippen LogP contribution in [0.15, 0.2) is 0 Å². The van der Waals surface area contributed by atoms with Crippen molar-refractivity contribution in [1.29, 1.82) is 0 Å². The van der Waals surface area contributed by atoms with Crippen molar-refractivity contribution in [2.75, 3.05) is 11.5 Å². The van der Waals surface area contributed by atoms with Crippen LogP contribution in [-0.4, -0.2) is 43.5 Å². The Morgan fingerprint density at radius 3 is 2.53 bits per heavy atom. The van der Waals surface area contributed by atoms with E-state index in [-0.39, 0.29) is 24.3 Å². The minimum Gasteiger partial charge on any atom is -0.480 e. The van der Waals surface area contributed by atoms with Gasteiger partial charge in [0.15, 0.2) is 0 Å². The summed E-state index contributed by atoms with van der Waals surface area (Å²) >= 11 is 0. The van der Waals surface area contributed by atoms with Crippen molar-refractivity contribution in [3.05, 3.63) is 0 Å². The zero-order valence-corrected chi connectivity index (χ0v) is 9.29. The van der Waals surface area contributed by atoms with Crippen LogP contribution >= 0.6 is 0 Å². The number of nitrogens with one attached hydrogen (secondary N) is 1. The van der Waals surface area contributed by atoms with Gasteiger partial charge in [-0.1, -0.05) is 6.92 Å². The zero-order chi connectivity index (χ0) is 11.9. The van der Waals surface area contributed by atoms with E-state index in [4.69, 9.17) is 5.11 Å². The molecule has 0 heterocycles.